The quantitative estimate of drug-likeness (QED) is 0.758. The SMILES string of the molecule is CCCCO.CCc1ccccc1. The summed E-state index contributed by atoms with van der Waals surface area (Å²) in [7, 11) is 0. The van der Waals surface area contributed by atoms with Crippen molar-refractivity contribution in [2.24, 2.45) is 0 Å². The van der Waals surface area contributed by atoms with Crippen molar-refractivity contribution in [1.29, 1.82) is 0 Å². The molecule has 13 heavy (non-hydrogen) atoms. The molecule has 0 fully saturated rings. The number of aliphatic hydroxyl groups excluding tert-OH is 1. The lowest BCUT2D eigenvalue weighted by atomic mass is 10.2. The number of benzene rings is 1. The molecular weight excluding hydrogens is 160 g/mol. The minimum atomic E-state index is 0.344. The zero-order valence-electron chi connectivity index (χ0n) is 8.66. The van der Waals surface area contributed by atoms with Crippen LogP contribution in [0, 0.1) is 0 Å². The first-order chi connectivity index (χ1) is 6.35. The molecule has 1 aromatic carbocycles. The summed E-state index contributed by atoms with van der Waals surface area (Å²) in [6.45, 7) is 4.56. The first-order valence-corrected chi connectivity index (χ1v) is 4.99. The fraction of sp³-hybridized carbons (Fsp3) is 0.500. The van der Waals surface area contributed by atoms with Crippen molar-refractivity contribution in [3.63, 3.8) is 0 Å². The van der Waals surface area contributed by atoms with Gasteiger partial charge < -0.3 is 5.11 Å². The zero-order valence-corrected chi connectivity index (χ0v) is 8.66. The maximum atomic E-state index is 8.07. The normalized spacial score (nSPS) is 8.85. The molecule has 0 radical (unpaired) electrons. The van der Waals surface area contributed by atoms with Crippen LogP contribution in [-0.4, -0.2) is 11.7 Å². The average molecular weight is 180 g/mol. The first-order valence-electron chi connectivity index (χ1n) is 4.99. The average Bonchev–Trinajstić information content (AvgIpc) is 2.21. The predicted octanol–water partition coefficient (Wildman–Crippen LogP) is 3.03. The highest BCUT2D eigenvalue weighted by Gasteiger charge is 1.79. The molecule has 0 aromatic heterocycles. The predicted molar refractivity (Wildman–Crippen MR) is 57.8 cm³/mol. The van der Waals surface area contributed by atoms with E-state index in [1.54, 1.807) is 0 Å². The van der Waals surface area contributed by atoms with Crippen LogP contribution >= 0.6 is 0 Å². The molecule has 74 valence electrons. The van der Waals surface area contributed by atoms with Crippen LogP contribution in [0.4, 0.5) is 0 Å². The Bertz CT molecular complexity index is 180. The van der Waals surface area contributed by atoms with Crippen molar-refractivity contribution in [2.75, 3.05) is 6.61 Å². The second-order valence-electron chi connectivity index (χ2n) is 2.92. The third kappa shape index (κ3) is 7.54. The third-order valence-corrected chi connectivity index (χ3v) is 1.76. The molecule has 0 aliphatic carbocycles. The molecule has 0 saturated carbocycles. The van der Waals surface area contributed by atoms with E-state index in [0.29, 0.717) is 6.61 Å². The second kappa shape index (κ2) is 9.27. The van der Waals surface area contributed by atoms with Crippen LogP contribution < -0.4 is 0 Å². The molecule has 0 atom stereocenters. The molecule has 1 rings (SSSR count). The summed E-state index contributed by atoms with van der Waals surface area (Å²) < 4.78 is 0. The van der Waals surface area contributed by atoms with E-state index in [9.17, 15) is 0 Å². The Labute approximate surface area is 81.4 Å². The third-order valence-electron chi connectivity index (χ3n) is 1.76. The van der Waals surface area contributed by atoms with E-state index in [4.69, 9.17) is 5.11 Å². The monoisotopic (exact) mass is 180 g/mol. The Morgan fingerprint density at radius 2 is 1.69 bits per heavy atom. The second-order valence-corrected chi connectivity index (χ2v) is 2.92. The van der Waals surface area contributed by atoms with Crippen molar-refractivity contribution < 1.29 is 5.11 Å². The van der Waals surface area contributed by atoms with Crippen LogP contribution in [-0.2, 0) is 6.42 Å². The lowest BCUT2D eigenvalue weighted by Crippen LogP contribution is -1.75. The Kier molecular flexibility index (Phi) is 8.68. The van der Waals surface area contributed by atoms with E-state index in [0.717, 1.165) is 19.3 Å². The molecule has 0 spiro atoms. The van der Waals surface area contributed by atoms with Crippen LogP contribution in [0.1, 0.15) is 32.3 Å². The topological polar surface area (TPSA) is 20.2 Å². The van der Waals surface area contributed by atoms with Gasteiger partial charge in [0.2, 0.25) is 0 Å². The molecule has 1 N–H and O–H groups in total. The zero-order chi connectivity index (χ0) is 9.94. The van der Waals surface area contributed by atoms with Gasteiger partial charge in [-0.25, -0.2) is 0 Å². The van der Waals surface area contributed by atoms with Gasteiger partial charge >= 0.3 is 0 Å². The number of hydrogen-bond donors (Lipinski definition) is 1. The van der Waals surface area contributed by atoms with Gasteiger partial charge in [0.25, 0.3) is 0 Å². The maximum Gasteiger partial charge on any atom is 0.0430 e. The fourth-order valence-corrected chi connectivity index (χ4v) is 0.872. The fourth-order valence-electron chi connectivity index (χ4n) is 0.872. The van der Waals surface area contributed by atoms with E-state index >= 15 is 0 Å². The molecule has 0 unspecified atom stereocenters. The van der Waals surface area contributed by atoms with Crippen molar-refractivity contribution in [1.82, 2.24) is 0 Å². The molecule has 0 saturated heterocycles. The number of aliphatic hydroxyl groups is 1. The maximum absolute atomic E-state index is 8.07. The minimum Gasteiger partial charge on any atom is -0.396 e. The Balaban J connectivity index is 0.000000252. The van der Waals surface area contributed by atoms with Crippen molar-refractivity contribution in [3.05, 3.63) is 35.9 Å². The van der Waals surface area contributed by atoms with Gasteiger partial charge in [0.1, 0.15) is 0 Å². The molecule has 0 heterocycles. The number of rotatable bonds is 3. The van der Waals surface area contributed by atoms with E-state index < -0.39 is 0 Å². The standard InChI is InChI=1S/C8H10.C4H10O/c1-2-8-6-4-3-5-7-8;1-2-3-4-5/h3-7H,2H2,1H3;5H,2-4H2,1H3. The van der Waals surface area contributed by atoms with Gasteiger partial charge in [-0.1, -0.05) is 50.6 Å². The van der Waals surface area contributed by atoms with Crippen molar-refractivity contribution in [3.8, 4) is 0 Å². The highest BCUT2D eigenvalue weighted by Crippen LogP contribution is 1.96. The first kappa shape index (κ1) is 12.2. The Morgan fingerprint density at radius 3 is 1.92 bits per heavy atom. The molecule has 1 aromatic rings. The molecule has 0 aliphatic heterocycles. The van der Waals surface area contributed by atoms with Crippen LogP contribution in [0.5, 0.6) is 0 Å². The van der Waals surface area contributed by atoms with Gasteiger partial charge in [0, 0.05) is 6.61 Å². The lowest BCUT2D eigenvalue weighted by molar-refractivity contribution is 0.287. The summed E-state index contributed by atoms with van der Waals surface area (Å²) in [5.41, 5.74) is 1.41. The van der Waals surface area contributed by atoms with Crippen molar-refractivity contribution >= 4 is 0 Å². The Morgan fingerprint density at radius 1 is 1.08 bits per heavy atom. The van der Waals surface area contributed by atoms with Gasteiger partial charge in [0.05, 0.1) is 0 Å². The summed E-state index contributed by atoms with van der Waals surface area (Å²) >= 11 is 0. The molecule has 1 nitrogen and oxygen atoms in total. The summed E-state index contributed by atoms with van der Waals surface area (Å²) in [6.07, 6.45) is 3.18. The van der Waals surface area contributed by atoms with E-state index in [1.807, 2.05) is 6.07 Å². The summed E-state index contributed by atoms with van der Waals surface area (Å²) in [5.74, 6) is 0. The van der Waals surface area contributed by atoms with Crippen LogP contribution in [0.2, 0.25) is 0 Å². The smallest absolute Gasteiger partial charge is 0.0430 e. The lowest BCUT2D eigenvalue weighted by Gasteiger charge is -1.89. The largest absolute Gasteiger partial charge is 0.396 e. The van der Waals surface area contributed by atoms with E-state index in [1.165, 1.54) is 5.56 Å². The number of aryl methyl sites for hydroxylation is 1. The van der Waals surface area contributed by atoms with Crippen molar-refractivity contribution in [2.45, 2.75) is 33.1 Å². The van der Waals surface area contributed by atoms with Crippen LogP contribution in [0.3, 0.4) is 0 Å². The summed E-state index contributed by atoms with van der Waals surface area (Å²) in [5, 5.41) is 8.07. The highest BCUT2D eigenvalue weighted by molar-refractivity contribution is 5.13. The molecule has 0 bridgehead atoms. The van der Waals surface area contributed by atoms with Gasteiger partial charge in [-0.15, -0.1) is 0 Å². The minimum absolute atomic E-state index is 0.344. The Hall–Kier alpha value is -0.820. The molecular formula is C12H20O. The highest BCUT2D eigenvalue weighted by atomic mass is 16.2. The van der Waals surface area contributed by atoms with E-state index in [-0.39, 0.29) is 0 Å². The molecule has 0 aliphatic rings. The summed E-state index contributed by atoms with van der Waals surface area (Å²) in [6, 6.07) is 10.5. The number of hydrogen-bond acceptors (Lipinski definition) is 1. The number of unbranched alkanes of at least 4 members (excludes halogenated alkanes) is 1. The summed E-state index contributed by atoms with van der Waals surface area (Å²) in [4.78, 5) is 0. The van der Waals surface area contributed by atoms with Gasteiger partial charge in [-0.3, -0.25) is 0 Å². The van der Waals surface area contributed by atoms with Gasteiger partial charge in [-0.2, -0.15) is 0 Å². The van der Waals surface area contributed by atoms with Gasteiger partial charge in [-0.05, 0) is 18.4 Å². The molecule has 1 heteroatoms. The van der Waals surface area contributed by atoms with Crippen LogP contribution in [0.15, 0.2) is 30.3 Å². The van der Waals surface area contributed by atoms with E-state index in [2.05, 4.69) is 38.1 Å². The van der Waals surface area contributed by atoms with Crippen LogP contribution in [0.25, 0.3) is 0 Å². The van der Waals surface area contributed by atoms with Gasteiger partial charge in [0.15, 0.2) is 0 Å². The molecule has 0 amide bonds.